The third kappa shape index (κ3) is 2.47. The summed E-state index contributed by atoms with van der Waals surface area (Å²) in [7, 11) is 0. The second kappa shape index (κ2) is 5.04. The molecule has 0 unspecified atom stereocenters. The first-order valence-electron chi connectivity index (χ1n) is 7.56. The zero-order valence-corrected chi connectivity index (χ0v) is 13.3. The van der Waals surface area contributed by atoms with E-state index in [2.05, 4.69) is 88.4 Å². The molecule has 0 amide bonds. The van der Waals surface area contributed by atoms with Gasteiger partial charge in [-0.05, 0) is 41.7 Å². The first-order chi connectivity index (χ1) is 9.99. The summed E-state index contributed by atoms with van der Waals surface area (Å²) in [6, 6.07) is 19.6. The van der Waals surface area contributed by atoms with Crippen molar-refractivity contribution in [3.8, 4) is 0 Å². The van der Waals surface area contributed by atoms with Gasteiger partial charge >= 0.3 is 0 Å². The third-order valence-electron chi connectivity index (χ3n) is 4.27. The zero-order valence-electron chi connectivity index (χ0n) is 13.3. The van der Waals surface area contributed by atoms with Crippen LogP contribution in [0, 0.1) is 12.3 Å². The second-order valence-electron chi connectivity index (χ2n) is 6.53. The fourth-order valence-electron chi connectivity index (χ4n) is 3.42. The van der Waals surface area contributed by atoms with E-state index < -0.39 is 0 Å². The van der Waals surface area contributed by atoms with Gasteiger partial charge in [0.05, 0.1) is 0 Å². The lowest BCUT2D eigenvalue weighted by Crippen LogP contribution is -2.08. The van der Waals surface area contributed by atoms with E-state index in [0.29, 0.717) is 0 Å². The van der Waals surface area contributed by atoms with Crippen LogP contribution in [0.4, 0.5) is 0 Å². The van der Waals surface area contributed by atoms with Gasteiger partial charge in [0, 0.05) is 5.41 Å². The fourth-order valence-corrected chi connectivity index (χ4v) is 3.42. The van der Waals surface area contributed by atoms with Crippen LogP contribution in [-0.4, -0.2) is 0 Å². The molecular formula is C21H22. The summed E-state index contributed by atoms with van der Waals surface area (Å²) in [6.45, 7) is 8.98. The standard InChI is InChI=1S/C21H22/c1-15-10-12-17(13-11-15)19-16(2)14-21(3,4)20(19)18-8-6-5-7-9-18/h5-14H,1-4H3. The Morgan fingerprint density at radius 3 is 1.95 bits per heavy atom. The van der Waals surface area contributed by atoms with Gasteiger partial charge in [0.25, 0.3) is 0 Å². The Bertz CT molecular complexity index is 710. The van der Waals surface area contributed by atoms with Crippen LogP contribution in [0.25, 0.3) is 11.1 Å². The van der Waals surface area contributed by atoms with E-state index in [0.717, 1.165) is 0 Å². The van der Waals surface area contributed by atoms with Crippen molar-refractivity contribution >= 4 is 11.1 Å². The number of allylic oxidation sites excluding steroid dienone is 4. The van der Waals surface area contributed by atoms with E-state index >= 15 is 0 Å². The highest BCUT2D eigenvalue weighted by molar-refractivity contribution is 6.03. The number of rotatable bonds is 2. The largest absolute Gasteiger partial charge is 0.0709 e. The van der Waals surface area contributed by atoms with Crippen LogP contribution in [0.3, 0.4) is 0 Å². The summed E-state index contributed by atoms with van der Waals surface area (Å²) in [5.74, 6) is 0. The molecule has 0 heteroatoms. The maximum absolute atomic E-state index is 2.39. The molecule has 0 saturated carbocycles. The van der Waals surface area contributed by atoms with Gasteiger partial charge < -0.3 is 0 Å². The lowest BCUT2D eigenvalue weighted by molar-refractivity contribution is 0.657. The smallest absolute Gasteiger partial charge is 0.00934 e. The SMILES string of the molecule is CC1=CC(C)(C)C(c2ccccc2)=C1c1ccc(C)cc1. The molecular weight excluding hydrogens is 252 g/mol. The Labute approximate surface area is 127 Å². The summed E-state index contributed by atoms with van der Waals surface area (Å²) in [4.78, 5) is 0. The molecule has 0 heterocycles. The van der Waals surface area contributed by atoms with Crippen molar-refractivity contribution in [3.63, 3.8) is 0 Å². The third-order valence-corrected chi connectivity index (χ3v) is 4.27. The first-order valence-corrected chi connectivity index (χ1v) is 7.56. The fraction of sp³-hybridized carbons (Fsp3) is 0.238. The predicted octanol–water partition coefficient (Wildman–Crippen LogP) is 5.89. The minimum atomic E-state index is 0.0751. The number of aryl methyl sites for hydroxylation is 1. The Hall–Kier alpha value is -2.08. The molecule has 0 spiro atoms. The number of hydrogen-bond donors (Lipinski definition) is 0. The summed E-state index contributed by atoms with van der Waals surface area (Å²) >= 11 is 0. The van der Waals surface area contributed by atoms with E-state index in [4.69, 9.17) is 0 Å². The van der Waals surface area contributed by atoms with E-state index in [-0.39, 0.29) is 5.41 Å². The van der Waals surface area contributed by atoms with Crippen LogP contribution < -0.4 is 0 Å². The van der Waals surface area contributed by atoms with Crippen molar-refractivity contribution in [2.24, 2.45) is 5.41 Å². The van der Waals surface area contributed by atoms with Crippen LogP contribution in [-0.2, 0) is 0 Å². The summed E-state index contributed by atoms with van der Waals surface area (Å²) < 4.78 is 0. The average Bonchev–Trinajstić information content (AvgIpc) is 2.70. The van der Waals surface area contributed by atoms with Crippen molar-refractivity contribution in [2.75, 3.05) is 0 Å². The Morgan fingerprint density at radius 1 is 0.714 bits per heavy atom. The molecule has 2 aromatic carbocycles. The van der Waals surface area contributed by atoms with Crippen LogP contribution in [0.15, 0.2) is 66.2 Å². The second-order valence-corrected chi connectivity index (χ2v) is 6.53. The molecule has 2 aromatic rings. The quantitative estimate of drug-likeness (QED) is 0.640. The van der Waals surface area contributed by atoms with Crippen molar-refractivity contribution in [1.29, 1.82) is 0 Å². The van der Waals surface area contributed by atoms with Gasteiger partial charge in [0.1, 0.15) is 0 Å². The molecule has 0 radical (unpaired) electrons. The van der Waals surface area contributed by atoms with Gasteiger partial charge in [-0.1, -0.05) is 80.1 Å². The van der Waals surface area contributed by atoms with Crippen LogP contribution in [0.1, 0.15) is 37.5 Å². The van der Waals surface area contributed by atoms with E-state index in [1.807, 2.05) is 0 Å². The maximum Gasteiger partial charge on any atom is 0.00934 e. The van der Waals surface area contributed by atoms with Gasteiger partial charge in [0.15, 0.2) is 0 Å². The van der Waals surface area contributed by atoms with Crippen molar-refractivity contribution in [2.45, 2.75) is 27.7 Å². The van der Waals surface area contributed by atoms with Gasteiger partial charge in [-0.25, -0.2) is 0 Å². The minimum Gasteiger partial charge on any atom is -0.0709 e. The summed E-state index contributed by atoms with van der Waals surface area (Å²) in [6.07, 6.45) is 2.39. The Morgan fingerprint density at radius 2 is 1.33 bits per heavy atom. The van der Waals surface area contributed by atoms with Crippen LogP contribution in [0.2, 0.25) is 0 Å². The first kappa shape index (κ1) is 13.9. The van der Waals surface area contributed by atoms with Crippen molar-refractivity contribution < 1.29 is 0 Å². The highest BCUT2D eigenvalue weighted by Gasteiger charge is 2.32. The van der Waals surface area contributed by atoms with Crippen LogP contribution >= 0.6 is 0 Å². The van der Waals surface area contributed by atoms with Gasteiger partial charge in [-0.3, -0.25) is 0 Å². The minimum absolute atomic E-state index is 0.0751. The molecule has 1 aliphatic rings. The highest BCUT2D eigenvalue weighted by atomic mass is 14.4. The molecule has 1 aliphatic carbocycles. The average molecular weight is 274 g/mol. The van der Waals surface area contributed by atoms with E-state index in [9.17, 15) is 0 Å². The topological polar surface area (TPSA) is 0 Å². The van der Waals surface area contributed by atoms with E-state index in [1.165, 1.54) is 33.4 Å². The predicted molar refractivity (Wildman–Crippen MR) is 92.0 cm³/mol. The molecule has 0 N–H and O–H groups in total. The molecule has 0 bridgehead atoms. The van der Waals surface area contributed by atoms with E-state index in [1.54, 1.807) is 0 Å². The Kier molecular flexibility index (Phi) is 3.33. The Balaban J connectivity index is 2.25. The monoisotopic (exact) mass is 274 g/mol. The molecule has 21 heavy (non-hydrogen) atoms. The molecule has 0 nitrogen and oxygen atoms in total. The highest BCUT2D eigenvalue weighted by Crippen LogP contribution is 2.49. The molecule has 0 saturated heterocycles. The lowest BCUT2D eigenvalue weighted by Gasteiger charge is -2.23. The van der Waals surface area contributed by atoms with Gasteiger partial charge in [0.2, 0.25) is 0 Å². The van der Waals surface area contributed by atoms with Gasteiger partial charge in [-0.15, -0.1) is 0 Å². The molecule has 0 aromatic heterocycles. The number of benzene rings is 2. The van der Waals surface area contributed by atoms with Gasteiger partial charge in [-0.2, -0.15) is 0 Å². The van der Waals surface area contributed by atoms with Crippen molar-refractivity contribution in [1.82, 2.24) is 0 Å². The summed E-state index contributed by atoms with van der Waals surface area (Å²) in [5, 5.41) is 0. The maximum atomic E-state index is 2.39. The lowest BCUT2D eigenvalue weighted by atomic mass is 9.81. The van der Waals surface area contributed by atoms with Crippen molar-refractivity contribution in [3.05, 3.63) is 82.9 Å². The van der Waals surface area contributed by atoms with Crippen LogP contribution in [0.5, 0.6) is 0 Å². The molecule has 0 fully saturated rings. The number of hydrogen-bond acceptors (Lipinski definition) is 0. The zero-order chi connectivity index (χ0) is 15.0. The molecule has 0 atom stereocenters. The molecule has 106 valence electrons. The normalized spacial score (nSPS) is 17.0. The molecule has 3 rings (SSSR count). The summed E-state index contributed by atoms with van der Waals surface area (Å²) in [5.41, 5.74) is 8.23. The molecule has 0 aliphatic heterocycles.